The van der Waals surface area contributed by atoms with Gasteiger partial charge in [-0.1, -0.05) is 6.07 Å². The summed E-state index contributed by atoms with van der Waals surface area (Å²) in [5, 5.41) is 0. The van der Waals surface area contributed by atoms with Crippen LogP contribution in [-0.2, 0) is 14.8 Å². The number of sulfonamides is 1. The highest BCUT2D eigenvalue weighted by atomic mass is 32.2. The van der Waals surface area contributed by atoms with E-state index in [1.807, 2.05) is 19.9 Å². The van der Waals surface area contributed by atoms with Crippen LogP contribution in [0.5, 0.6) is 0 Å². The Morgan fingerprint density at radius 3 is 2.61 bits per heavy atom. The average Bonchev–Trinajstić information content (AvgIpc) is 2.30. The Balaban J connectivity index is 2.95. The average molecular weight is 272 g/mol. The lowest BCUT2D eigenvalue weighted by atomic mass is 10.1. The van der Waals surface area contributed by atoms with Gasteiger partial charge in [-0.25, -0.2) is 13.1 Å². The first-order valence-corrected chi connectivity index (χ1v) is 7.31. The fraction of sp³-hybridized carbons (Fsp3) is 0.500. The van der Waals surface area contributed by atoms with Crippen LogP contribution in [-0.4, -0.2) is 28.2 Å². The summed E-state index contributed by atoms with van der Waals surface area (Å²) < 4.78 is 31.9. The molecule has 5 nitrogen and oxygen atoms in total. The molecule has 3 N–H and O–H groups in total. The number of nitrogens with two attached hydrogens (primary N) is 1. The summed E-state index contributed by atoms with van der Waals surface area (Å²) >= 11 is 0. The molecule has 0 unspecified atom stereocenters. The highest BCUT2D eigenvalue weighted by Crippen LogP contribution is 2.24. The molecule has 0 amide bonds. The Bertz CT molecular complexity index is 512. The first-order valence-electron chi connectivity index (χ1n) is 5.83. The van der Waals surface area contributed by atoms with E-state index < -0.39 is 10.0 Å². The van der Waals surface area contributed by atoms with Gasteiger partial charge in [-0.05, 0) is 38.0 Å². The molecule has 1 aromatic rings. The van der Waals surface area contributed by atoms with E-state index >= 15 is 0 Å². The number of hydrogen-bond acceptors (Lipinski definition) is 4. The number of hydrogen-bond donors (Lipinski definition) is 2. The maximum Gasteiger partial charge on any atom is 0.242 e. The third kappa shape index (κ3) is 3.44. The number of ether oxygens (including phenoxy) is 1. The van der Waals surface area contributed by atoms with Gasteiger partial charge in [-0.3, -0.25) is 0 Å². The molecule has 0 aliphatic carbocycles. The predicted octanol–water partition coefficient (Wildman–Crippen LogP) is 1.20. The third-order valence-electron chi connectivity index (χ3n) is 2.72. The molecule has 0 radical (unpaired) electrons. The quantitative estimate of drug-likeness (QED) is 0.602. The molecule has 0 aliphatic rings. The van der Waals surface area contributed by atoms with Gasteiger partial charge in [-0.2, -0.15) is 0 Å². The molecule has 18 heavy (non-hydrogen) atoms. The topological polar surface area (TPSA) is 81.4 Å². The van der Waals surface area contributed by atoms with Crippen molar-refractivity contribution in [1.82, 2.24) is 4.72 Å². The van der Waals surface area contributed by atoms with Gasteiger partial charge in [0.25, 0.3) is 0 Å². The van der Waals surface area contributed by atoms with E-state index in [9.17, 15) is 8.42 Å². The van der Waals surface area contributed by atoms with Gasteiger partial charge in [0, 0.05) is 13.2 Å². The molecule has 0 atom stereocenters. The van der Waals surface area contributed by atoms with E-state index in [1.165, 1.54) is 0 Å². The van der Waals surface area contributed by atoms with Gasteiger partial charge in [0.1, 0.15) is 4.90 Å². The van der Waals surface area contributed by atoms with E-state index in [2.05, 4.69) is 4.72 Å². The largest absolute Gasteiger partial charge is 0.398 e. The summed E-state index contributed by atoms with van der Waals surface area (Å²) in [6.45, 7) is 6.62. The molecule has 0 aliphatic heterocycles. The Labute approximate surface area is 108 Å². The lowest BCUT2D eigenvalue weighted by molar-refractivity contribution is 0.153. The van der Waals surface area contributed by atoms with Crippen molar-refractivity contribution in [3.8, 4) is 0 Å². The van der Waals surface area contributed by atoms with Crippen LogP contribution in [0, 0.1) is 13.8 Å². The van der Waals surface area contributed by atoms with Crippen molar-refractivity contribution < 1.29 is 13.2 Å². The molecule has 0 bridgehead atoms. The molecule has 0 fully saturated rings. The molecule has 0 spiro atoms. The van der Waals surface area contributed by atoms with E-state index in [1.54, 1.807) is 13.0 Å². The summed E-state index contributed by atoms with van der Waals surface area (Å²) in [5.74, 6) is 0. The molecule has 0 aromatic heterocycles. The van der Waals surface area contributed by atoms with Crippen molar-refractivity contribution in [3.63, 3.8) is 0 Å². The number of nitrogens with one attached hydrogen (secondary N) is 1. The summed E-state index contributed by atoms with van der Waals surface area (Å²) in [4.78, 5) is 0.166. The Morgan fingerprint density at radius 1 is 1.33 bits per heavy atom. The molecule has 1 rings (SSSR count). The van der Waals surface area contributed by atoms with Crippen LogP contribution in [0.3, 0.4) is 0 Å². The Hall–Kier alpha value is -1.11. The zero-order chi connectivity index (χ0) is 13.8. The summed E-state index contributed by atoms with van der Waals surface area (Å²) in [7, 11) is -3.58. The fourth-order valence-electron chi connectivity index (χ4n) is 1.63. The zero-order valence-corrected chi connectivity index (χ0v) is 11.8. The molecule has 6 heteroatoms. The maximum absolute atomic E-state index is 12.1. The van der Waals surface area contributed by atoms with Gasteiger partial charge in [0.05, 0.1) is 12.3 Å². The SMILES string of the molecule is CCOCCNS(=O)(=O)c1c(N)ccc(C)c1C. The van der Waals surface area contributed by atoms with Crippen molar-refractivity contribution in [1.29, 1.82) is 0 Å². The minimum Gasteiger partial charge on any atom is -0.398 e. The van der Waals surface area contributed by atoms with Crippen LogP contribution in [0.2, 0.25) is 0 Å². The van der Waals surface area contributed by atoms with E-state index in [0.29, 0.717) is 18.8 Å². The minimum absolute atomic E-state index is 0.166. The third-order valence-corrected chi connectivity index (χ3v) is 4.38. The van der Waals surface area contributed by atoms with E-state index in [4.69, 9.17) is 10.5 Å². The Morgan fingerprint density at radius 2 is 2.00 bits per heavy atom. The van der Waals surface area contributed by atoms with Crippen LogP contribution in [0.25, 0.3) is 0 Å². The van der Waals surface area contributed by atoms with Crippen LogP contribution in [0.1, 0.15) is 18.1 Å². The second-order valence-corrected chi connectivity index (χ2v) is 5.72. The number of anilines is 1. The molecule has 102 valence electrons. The maximum atomic E-state index is 12.1. The monoisotopic (exact) mass is 272 g/mol. The van der Waals surface area contributed by atoms with E-state index in [-0.39, 0.29) is 17.1 Å². The number of nitrogen functional groups attached to an aromatic ring is 1. The van der Waals surface area contributed by atoms with E-state index in [0.717, 1.165) is 5.56 Å². The Kier molecular flexibility index (Phi) is 5.13. The molecular formula is C12H20N2O3S. The number of benzene rings is 1. The summed E-state index contributed by atoms with van der Waals surface area (Å²) in [6.07, 6.45) is 0. The normalized spacial score (nSPS) is 11.7. The van der Waals surface area contributed by atoms with Crippen LogP contribution < -0.4 is 10.5 Å². The van der Waals surface area contributed by atoms with Gasteiger partial charge in [-0.15, -0.1) is 0 Å². The lowest BCUT2D eigenvalue weighted by Crippen LogP contribution is -2.29. The molecule has 0 heterocycles. The smallest absolute Gasteiger partial charge is 0.242 e. The van der Waals surface area contributed by atoms with Gasteiger partial charge in [0.15, 0.2) is 0 Å². The first-order chi connectivity index (χ1) is 8.40. The predicted molar refractivity (Wildman–Crippen MR) is 72.0 cm³/mol. The van der Waals surface area contributed by atoms with Gasteiger partial charge >= 0.3 is 0 Å². The number of rotatable bonds is 6. The first kappa shape index (κ1) is 14.9. The van der Waals surface area contributed by atoms with Crippen LogP contribution in [0.4, 0.5) is 5.69 Å². The highest BCUT2D eigenvalue weighted by molar-refractivity contribution is 7.89. The fourth-order valence-corrected chi connectivity index (χ4v) is 3.07. The summed E-state index contributed by atoms with van der Waals surface area (Å²) in [6, 6.07) is 3.42. The van der Waals surface area contributed by atoms with Gasteiger partial charge < -0.3 is 10.5 Å². The molecule has 1 aromatic carbocycles. The van der Waals surface area contributed by atoms with Crippen molar-refractivity contribution >= 4 is 15.7 Å². The zero-order valence-electron chi connectivity index (χ0n) is 11.0. The standard InChI is InChI=1S/C12H20N2O3S/c1-4-17-8-7-14-18(15,16)12-10(3)9(2)5-6-11(12)13/h5-6,14H,4,7-8,13H2,1-3H3. The van der Waals surface area contributed by atoms with Crippen LogP contribution in [0.15, 0.2) is 17.0 Å². The second kappa shape index (κ2) is 6.17. The highest BCUT2D eigenvalue weighted by Gasteiger charge is 2.20. The van der Waals surface area contributed by atoms with Crippen molar-refractivity contribution in [2.45, 2.75) is 25.7 Å². The number of aryl methyl sites for hydroxylation is 1. The molecular weight excluding hydrogens is 252 g/mol. The molecule has 0 saturated heterocycles. The lowest BCUT2D eigenvalue weighted by Gasteiger charge is -2.13. The van der Waals surface area contributed by atoms with Crippen molar-refractivity contribution in [2.24, 2.45) is 0 Å². The second-order valence-electron chi connectivity index (χ2n) is 4.02. The molecule has 0 saturated carbocycles. The van der Waals surface area contributed by atoms with Crippen molar-refractivity contribution in [2.75, 3.05) is 25.5 Å². The summed E-state index contributed by atoms with van der Waals surface area (Å²) in [5.41, 5.74) is 7.60. The van der Waals surface area contributed by atoms with Crippen LogP contribution >= 0.6 is 0 Å². The minimum atomic E-state index is -3.58. The van der Waals surface area contributed by atoms with Gasteiger partial charge in [0.2, 0.25) is 10.0 Å². The van der Waals surface area contributed by atoms with Crippen molar-refractivity contribution in [3.05, 3.63) is 23.3 Å².